The topological polar surface area (TPSA) is 25.4 Å². The van der Waals surface area contributed by atoms with E-state index in [0.29, 0.717) is 0 Å². The highest BCUT2D eigenvalue weighted by molar-refractivity contribution is 9.10. The van der Waals surface area contributed by atoms with Gasteiger partial charge in [-0.2, -0.15) is 0 Å². The van der Waals surface area contributed by atoms with Gasteiger partial charge in [0.1, 0.15) is 0 Å². The Kier molecular flexibility index (Phi) is 3.50. The molecule has 1 aliphatic rings. The number of hydrogen-bond donors (Lipinski definition) is 0. The molecule has 1 aliphatic heterocycles. The highest BCUT2D eigenvalue weighted by Crippen LogP contribution is 2.31. The van der Waals surface area contributed by atoms with E-state index < -0.39 is 0 Å². The first kappa shape index (κ1) is 11.9. The quantitative estimate of drug-likeness (QED) is 0.835. The number of methoxy groups -OCH3 is 1. The molecule has 1 saturated heterocycles. The van der Waals surface area contributed by atoms with E-state index in [2.05, 4.69) is 32.7 Å². The van der Waals surface area contributed by atoms with Crippen molar-refractivity contribution in [3.05, 3.63) is 22.9 Å². The van der Waals surface area contributed by atoms with Crippen molar-refractivity contribution in [1.29, 1.82) is 0 Å². The number of aromatic nitrogens is 1. The van der Waals surface area contributed by atoms with Gasteiger partial charge in [0.25, 0.3) is 0 Å². The van der Waals surface area contributed by atoms with Gasteiger partial charge in [0, 0.05) is 32.6 Å². The molecule has 4 heteroatoms. The molecule has 0 spiro atoms. The van der Waals surface area contributed by atoms with Crippen LogP contribution < -0.4 is 4.90 Å². The summed E-state index contributed by atoms with van der Waals surface area (Å²) in [5.41, 5.74) is 1.18. The Bertz CT molecular complexity index is 372. The minimum Gasteiger partial charge on any atom is -0.377 e. The van der Waals surface area contributed by atoms with Gasteiger partial charge in [-0.15, -0.1) is 0 Å². The maximum absolute atomic E-state index is 5.60. The lowest BCUT2D eigenvalue weighted by Crippen LogP contribution is -2.47. The van der Waals surface area contributed by atoms with Gasteiger partial charge in [-0.3, -0.25) is 4.98 Å². The van der Waals surface area contributed by atoms with Crippen molar-refractivity contribution in [2.45, 2.75) is 25.4 Å². The van der Waals surface area contributed by atoms with E-state index in [4.69, 9.17) is 4.74 Å². The van der Waals surface area contributed by atoms with Gasteiger partial charge in [-0.25, -0.2) is 0 Å². The molecule has 3 nitrogen and oxygen atoms in total. The van der Waals surface area contributed by atoms with Crippen LogP contribution in [0.15, 0.2) is 22.9 Å². The predicted octanol–water partition coefficient (Wildman–Crippen LogP) is 2.85. The van der Waals surface area contributed by atoms with E-state index in [1.807, 2.05) is 18.5 Å². The van der Waals surface area contributed by atoms with Gasteiger partial charge in [0.15, 0.2) is 0 Å². The first-order valence-corrected chi connectivity index (χ1v) is 6.33. The molecule has 2 heterocycles. The number of halogens is 1. The lowest BCUT2D eigenvalue weighted by Gasteiger charge is -2.40. The van der Waals surface area contributed by atoms with Crippen molar-refractivity contribution in [2.24, 2.45) is 0 Å². The zero-order valence-corrected chi connectivity index (χ0v) is 11.3. The van der Waals surface area contributed by atoms with E-state index >= 15 is 0 Å². The molecule has 1 aromatic rings. The molecule has 16 heavy (non-hydrogen) atoms. The van der Waals surface area contributed by atoms with Crippen LogP contribution in [0.3, 0.4) is 0 Å². The molecule has 0 amide bonds. The first-order chi connectivity index (χ1) is 7.64. The minimum absolute atomic E-state index is 0.0268. The molecular weight excluding hydrogens is 268 g/mol. The standard InChI is InChI=1S/C12H17BrN2O/c1-12(16-2)5-3-7-15(9-12)11-4-6-14-8-10(11)13/h4,6,8H,3,5,7,9H2,1-2H3. The zero-order valence-electron chi connectivity index (χ0n) is 9.74. The van der Waals surface area contributed by atoms with Crippen molar-refractivity contribution >= 4 is 21.6 Å². The Hall–Kier alpha value is -0.610. The van der Waals surface area contributed by atoms with E-state index in [9.17, 15) is 0 Å². The summed E-state index contributed by atoms with van der Waals surface area (Å²) in [6, 6.07) is 2.05. The fraction of sp³-hybridized carbons (Fsp3) is 0.583. The molecule has 0 aliphatic carbocycles. The lowest BCUT2D eigenvalue weighted by atomic mass is 9.94. The summed E-state index contributed by atoms with van der Waals surface area (Å²) in [6.07, 6.45) is 5.97. The minimum atomic E-state index is -0.0268. The SMILES string of the molecule is COC1(C)CCCN(c2ccncc2Br)C1. The average Bonchev–Trinajstić information content (AvgIpc) is 2.30. The van der Waals surface area contributed by atoms with Crippen LogP contribution in [-0.2, 0) is 4.74 Å². The van der Waals surface area contributed by atoms with E-state index in [1.165, 1.54) is 12.1 Å². The second kappa shape index (κ2) is 4.72. The highest BCUT2D eigenvalue weighted by atomic mass is 79.9. The van der Waals surface area contributed by atoms with E-state index in [0.717, 1.165) is 24.0 Å². The summed E-state index contributed by atoms with van der Waals surface area (Å²) in [6.45, 7) is 4.20. The van der Waals surface area contributed by atoms with Crippen molar-refractivity contribution < 1.29 is 4.74 Å². The maximum atomic E-state index is 5.60. The number of ether oxygens (including phenoxy) is 1. The van der Waals surface area contributed by atoms with Gasteiger partial charge < -0.3 is 9.64 Å². The van der Waals surface area contributed by atoms with Gasteiger partial charge in [0.05, 0.1) is 15.8 Å². The Morgan fingerprint density at radius 3 is 3.06 bits per heavy atom. The van der Waals surface area contributed by atoms with Gasteiger partial charge >= 0.3 is 0 Å². The predicted molar refractivity (Wildman–Crippen MR) is 68.8 cm³/mol. The van der Waals surface area contributed by atoms with Gasteiger partial charge in [-0.05, 0) is 41.8 Å². The fourth-order valence-electron chi connectivity index (χ4n) is 2.20. The van der Waals surface area contributed by atoms with Gasteiger partial charge in [0.2, 0.25) is 0 Å². The molecule has 1 aromatic heterocycles. The molecule has 2 rings (SSSR count). The van der Waals surface area contributed by atoms with E-state index in [-0.39, 0.29) is 5.60 Å². The Morgan fingerprint density at radius 2 is 2.38 bits per heavy atom. The Balaban J connectivity index is 2.19. The number of nitrogens with zero attached hydrogens (tertiary/aromatic N) is 2. The molecule has 88 valence electrons. The van der Waals surface area contributed by atoms with Crippen molar-refractivity contribution in [3.8, 4) is 0 Å². The summed E-state index contributed by atoms with van der Waals surface area (Å²) < 4.78 is 6.65. The summed E-state index contributed by atoms with van der Waals surface area (Å²) >= 11 is 3.55. The summed E-state index contributed by atoms with van der Waals surface area (Å²) in [4.78, 5) is 6.45. The monoisotopic (exact) mass is 284 g/mol. The molecule has 0 aromatic carbocycles. The molecule has 1 atom stereocenters. The molecule has 1 fully saturated rings. The Labute approximate surface area is 105 Å². The fourth-order valence-corrected chi connectivity index (χ4v) is 2.70. The molecule has 0 radical (unpaired) electrons. The summed E-state index contributed by atoms with van der Waals surface area (Å²) in [5.74, 6) is 0. The van der Waals surface area contributed by atoms with Crippen LogP contribution in [-0.4, -0.2) is 30.8 Å². The third kappa shape index (κ3) is 2.38. The number of anilines is 1. The number of hydrogen-bond acceptors (Lipinski definition) is 3. The van der Waals surface area contributed by atoms with Crippen LogP contribution in [0.25, 0.3) is 0 Å². The van der Waals surface area contributed by atoms with Crippen molar-refractivity contribution in [3.63, 3.8) is 0 Å². The second-order valence-electron chi connectivity index (χ2n) is 4.51. The maximum Gasteiger partial charge on any atom is 0.0825 e. The number of rotatable bonds is 2. The van der Waals surface area contributed by atoms with Crippen LogP contribution in [0.2, 0.25) is 0 Å². The molecule has 0 N–H and O–H groups in total. The summed E-state index contributed by atoms with van der Waals surface area (Å²) in [5, 5.41) is 0. The third-order valence-corrected chi connectivity index (χ3v) is 3.85. The third-order valence-electron chi connectivity index (χ3n) is 3.24. The van der Waals surface area contributed by atoms with Gasteiger partial charge in [-0.1, -0.05) is 0 Å². The van der Waals surface area contributed by atoms with Crippen LogP contribution in [0.1, 0.15) is 19.8 Å². The molecule has 0 bridgehead atoms. The normalized spacial score (nSPS) is 25.8. The van der Waals surface area contributed by atoms with Crippen molar-refractivity contribution in [1.82, 2.24) is 4.98 Å². The smallest absolute Gasteiger partial charge is 0.0825 e. The Morgan fingerprint density at radius 1 is 1.56 bits per heavy atom. The van der Waals surface area contributed by atoms with Crippen LogP contribution >= 0.6 is 15.9 Å². The summed E-state index contributed by atoms with van der Waals surface area (Å²) in [7, 11) is 1.80. The van der Waals surface area contributed by atoms with Crippen LogP contribution in [0, 0.1) is 0 Å². The molecular formula is C12H17BrN2O. The molecule has 1 unspecified atom stereocenters. The second-order valence-corrected chi connectivity index (χ2v) is 5.36. The van der Waals surface area contributed by atoms with Crippen LogP contribution in [0.4, 0.5) is 5.69 Å². The largest absolute Gasteiger partial charge is 0.377 e. The number of pyridine rings is 1. The average molecular weight is 285 g/mol. The van der Waals surface area contributed by atoms with Crippen LogP contribution in [0.5, 0.6) is 0 Å². The molecule has 0 saturated carbocycles. The van der Waals surface area contributed by atoms with E-state index in [1.54, 1.807) is 7.11 Å². The first-order valence-electron chi connectivity index (χ1n) is 5.54. The lowest BCUT2D eigenvalue weighted by molar-refractivity contribution is -0.00468. The highest BCUT2D eigenvalue weighted by Gasteiger charge is 2.31. The zero-order chi connectivity index (χ0) is 11.6. The van der Waals surface area contributed by atoms with Crippen molar-refractivity contribution in [2.75, 3.05) is 25.1 Å². The number of piperidine rings is 1.